The normalized spacial score (nSPS) is 12.7. The van der Waals surface area contributed by atoms with E-state index in [9.17, 15) is 0 Å². The van der Waals surface area contributed by atoms with E-state index in [0.29, 0.717) is 6.04 Å². The highest BCUT2D eigenvalue weighted by molar-refractivity contribution is 14.0. The maximum atomic E-state index is 4.30. The molecule has 2 N–H and O–H groups in total. The molecule has 0 aliphatic carbocycles. The van der Waals surface area contributed by atoms with Gasteiger partial charge in [-0.25, -0.2) is 0 Å². The number of thioether (sulfide) groups is 1. The molecule has 0 heterocycles. The second-order valence-corrected chi connectivity index (χ2v) is 6.01. The first-order chi connectivity index (χ1) is 10.8. The summed E-state index contributed by atoms with van der Waals surface area (Å²) in [4.78, 5) is 6.77. The van der Waals surface area contributed by atoms with Crippen LogP contribution in [0, 0.1) is 0 Å². The average molecular weight is 450 g/mol. The Bertz CT molecular complexity index is 424. The van der Waals surface area contributed by atoms with Crippen molar-refractivity contribution >= 4 is 41.7 Å². The van der Waals surface area contributed by atoms with Crippen LogP contribution >= 0.6 is 35.7 Å². The van der Waals surface area contributed by atoms with Crippen molar-refractivity contribution in [2.75, 3.05) is 45.2 Å². The molecule has 1 unspecified atom stereocenters. The van der Waals surface area contributed by atoms with Crippen molar-refractivity contribution in [2.45, 2.75) is 19.9 Å². The maximum Gasteiger partial charge on any atom is 0.191 e. The third-order valence-electron chi connectivity index (χ3n) is 3.72. The van der Waals surface area contributed by atoms with Crippen LogP contribution in [0.1, 0.15) is 25.5 Å². The van der Waals surface area contributed by atoms with E-state index >= 15 is 0 Å². The minimum atomic E-state index is 0. The van der Waals surface area contributed by atoms with Crippen molar-refractivity contribution in [1.29, 1.82) is 0 Å². The fourth-order valence-corrected chi connectivity index (χ4v) is 2.79. The predicted octanol–water partition coefficient (Wildman–Crippen LogP) is 3.22. The van der Waals surface area contributed by atoms with Gasteiger partial charge in [0, 0.05) is 25.9 Å². The Kier molecular flexibility index (Phi) is 13.6. The second-order valence-electron chi connectivity index (χ2n) is 5.02. The Labute approximate surface area is 162 Å². The molecule has 1 aromatic carbocycles. The van der Waals surface area contributed by atoms with Crippen LogP contribution in [-0.2, 0) is 0 Å². The number of nitrogens with zero attached hydrogens (tertiary/aromatic N) is 2. The Morgan fingerprint density at radius 3 is 2.35 bits per heavy atom. The second kappa shape index (κ2) is 13.9. The van der Waals surface area contributed by atoms with Gasteiger partial charge in [0.1, 0.15) is 0 Å². The lowest BCUT2D eigenvalue weighted by molar-refractivity contribution is 0.219. The molecule has 0 aromatic heterocycles. The fourth-order valence-electron chi connectivity index (χ4n) is 2.48. The van der Waals surface area contributed by atoms with Crippen molar-refractivity contribution in [3.05, 3.63) is 35.9 Å². The molecule has 0 saturated heterocycles. The topological polar surface area (TPSA) is 39.7 Å². The van der Waals surface area contributed by atoms with Crippen LogP contribution in [-0.4, -0.2) is 56.1 Å². The Morgan fingerprint density at radius 2 is 1.83 bits per heavy atom. The van der Waals surface area contributed by atoms with Crippen molar-refractivity contribution in [3.8, 4) is 0 Å². The lowest BCUT2D eigenvalue weighted by Gasteiger charge is -2.30. The summed E-state index contributed by atoms with van der Waals surface area (Å²) in [6, 6.07) is 11.0. The van der Waals surface area contributed by atoms with Crippen molar-refractivity contribution in [3.63, 3.8) is 0 Å². The molecular formula is C17H31IN4S. The highest BCUT2D eigenvalue weighted by Crippen LogP contribution is 2.19. The molecule has 4 nitrogen and oxygen atoms in total. The molecule has 0 radical (unpaired) electrons. The first kappa shape index (κ1) is 22.5. The molecule has 0 bridgehead atoms. The molecule has 132 valence electrons. The van der Waals surface area contributed by atoms with E-state index in [-0.39, 0.29) is 24.0 Å². The lowest BCUT2D eigenvalue weighted by Crippen LogP contribution is -2.43. The van der Waals surface area contributed by atoms with Crippen LogP contribution < -0.4 is 10.6 Å². The number of aliphatic imine (C=N–C) groups is 1. The zero-order valence-electron chi connectivity index (χ0n) is 14.7. The van der Waals surface area contributed by atoms with E-state index in [1.54, 1.807) is 0 Å². The minimum absolute atomic E-state index is 0. The van der Waals surface area contributed by atoms with Gasteiger partial charge < -0.3 is 10.6 Å². The number of likely N-dealkylation sites (N-methyl/N-ethyl adjacent to an activating group) is 1. The van der Waals surface area contributed by atoms with Crippen LogP contribution in [0.4, 0.5) is 0 Å². The molecule has 0 saturated carbocycles. The molecule has 1 rings (SSSR count). The summed E-state index contributed by atoms with van der Waals surface area (Å²) in [5.74, 6) is 1.96. The van der Waals surface area contributed by atoms with Crippen LogP contribution in [0.3, 0.4) is 0 Å². The molecule has 6 heteroatoms. The zero-order valence-corrected chi connectivity index (χ0v) is 17.9. The van der Waals surface area contributed by atoms with Crippen LogP contribution in [0.2, 0.25) is 0 Å². The highest BCUT2D eigenvalue weighted by atomic mass is 127. The quantitative estimate of drug-likeness (QED) is 0.262. The van der Waals surface area contributed by atoms with Gasteiger partial charge in [0.05, 0.1) is 6.04 Å². The smallest absolute Gasteiger partial charge is 0.191 e. The van der Waals surface area contributed by atoms with Gasteiger partial charge in [-0.3, -0.25) is 9.89 Å². The Balaban J connectivity index is 0.00000484. The summed E-state index contributed by atoms with van der Waals surface area (Å²) in [5, 5.41) is 6.82. The average Bonchev–Trinajstić information content (AvgIpc) is 2.57. The van der Waals surface area contributed by atoms with Crippen LogP contribution in [0.5, 0.6) is 0 Å². The number of nitrogens with one attached hydrogen (secondary N) is 2. The minimum Gasteiger partial charge on any atom is -0.356 e. The maximum absolute atomic E-state index is 4.30. The fraction of sp³-hybridized carbons (Fsp3) is 0.588. The van der Waals surface area contributed by atoms with Gasteiger partial charge in [-0.2, -0.15) is 11.8 Å². The van der Waals surface area contributed by atoms with E-state index in [4.69, 9.17) is 0 Å². The lowest BCUT2D eigenvalue weighted by atomic mass is 10.1. The van der Waals surface area contributed by atoms with Crippen molar-refractivity contribution in [2.24, 2.45) is 4.99 Å². The molecule has 0 spiro atoms. The molecule has 0 amide bonds. The van der Waals surface area contributed by atoms with Crippen LogP contribution in [0.15, 0.2) is 35.3 Å². The number of benzene rings is 1. The van der Waals surface area contributed by atoms with Gasteiger partial charge in [0.15, 0.2) is 5.96 Å². The van der Waals surface area contributed by atoms with Gasteiger partial charge in [-0.15, -0.1) is 24.0 Å². The van der Waals surface area contributed by atoms with Crippen molar-refractivity contribution < 1.29 is 0 Å². The molecule has 0 aliphatic heterocycles. The largest absolute Gasteiger partial charge is 0.356 e. The van der Waals surface area contributed by atoms with E-state index in [1.807, 2.05) is 18.8 Å². The Hall–Kier alpha value is -0.470. The van der Waals surface area contributed by atoms with E-state index in [0.717, 1.165) is 37.9 Å². The summed E-state index contributed by atoms with van der Waals surface area (Å²) >= 11 is 1.83. The third kappa shape index (κ3) is 8.26. The summed E-state index contributed by atoms with van der Waals surface area (Å²) in [6.45, 7) is 8.29. The summed E-state index contributed by atoms with van der Waals surface area (Å²) in [7, 11) is 1.82. The third-order valence-corrected chi connectivity index (χ3v) is 4.33. The summed E-state index contributed by atoms with van der Waals surface area (Å²) < 4.78 is 0. The van der Waals surface area contributed by atoms with Gasteiger partial charge in [-0.1, -0.05) is 44.2 Å². The van der Waals surface area contributed by atoms with Gasteiger partial charge in [0.25, 0.3) is 0 Å². The molecule has 0 fully saturated rings. The highest BCUT2D eigenvalue weighted by Gasteiger charge is 2.17. The van der Waals surface area contributed by atoms with E-state index in [2.05, 4.69) is 71.0 Å². The first-order valence-corrected chi connectivity index (χ1v) is 9.38. The monoisotopic (exact) mass is 450 g/mol. The number of hydrogen-bond donors (Lipinski definition) is 2. The molecular weight excluding hydrogens is 419 g/mol. The molecule has 0 aliphatic rings. The van der Waals surface area contributed by atoms with E-state index < -0.39 is 0 Å². The zero-order chi connectivity index (χ0) is 16.2. The molecule has 1 aromatic rings. The predicted molar refractivity (Wildman–Crippen MR) is 115 cm³/mol. The standard InChI is InChI=1S/C17H30N4S.HI/c1-5-21(6-2)16(15-10-8-7-9-11-15)14-20-17(18-3)19-12-13-22-4;/h7-11,16H,5-6,12-14H2,1-4H3,(H2,18,19,20);1H. The molecule has 23 heavy (non-hydrogen) atoms. The van der Waals surface area contributed by atoms with Gasteiger partial charge >= 0.3 is 0 Å². The number of guanidine groups is 1. The number of rotatable bonds is 9. The SMILES string of the molecule is CCN(CC)C(CNC(=NC)NCCSC)c1ccccc1.I. The van der Waals surface area contributed by atoms with Gasteiger partial charge in [0.2, 0.25) is 0 Å². The summed E-state index contributed by atoms with van der Waals surface area (Å²) in [6.07, 6.45) is 2.11. The number of halogens is 1. The first-order valence-electron chi connectivity index (χ1n) is 7.99. The number of hydrogen-bond acceptors (Lipinski definition) is 3. The van der Waals surface area contributed by atoms with E-state index in [1.165, 1.54) is 5.56 Å². The van der Waals surface area contributed by atoms with Gasteiger partial charge in [-0.05, 0) is 24.9 Å². The Morgan fingerprint density at radius 1 is 1.17 bits per heavy atom. The van der Waals surface area contributed by atoms with Crippen molar-refractivity contribution in [1.82, 2.24) is 15.5 Å². The summed E-state index contributed by atoms with van der Waals surface area (Å²) in [5.41, 5.74) is 1.35. The van der Waals surface area contributed by atoms with Crippen LogP contribution in [0.25, 0.3) is 0 Å². The molecule has 1 atom stereocenters.